The number of pyridine rings is 2. The van der Waals surface area contributed by atoms with E-state index in [9.17, 15) is 13.6 Å². The lowest BCUT2D eigenvalue weighted by atomic mass is 10.1. The topological polar surface area (TPSA) is 95.6 Å². The highest BCUT2D eigenvalue weighted by molar-refractivity contribution is 5.93. The molecule has 0 atom stereocenters. The van der Waals surface area contributed by atoms with E-state index in [2.05, 4.69) is 30.6 Å². The van der Waals surface area contributed by atoms with Crippen LogP contribution in [0.25, 0.3) is 11.0 Å². The van der Waals surface area contributed by atoms with E-state index in [1.807, 2.05) is 0 Å². The summed E-state index contributed by atoms with van der Waals surface area (Å²) >= 11 is 0. The van der Waals surface area contributed by atoms with Crippen molar-refractivity contribution in [3.05, 3.63) is 89.3 Å². The van der Waals surface area contributed by atoms with Crippen LogP contribution in [0, 0.1) is 11.6 Å². The van der Waals surface area contributed by atoms with Gasteiger partial charge in [0.2, 0.25) is 0 Å². The Morgan fingerprint density at radius 1 is 1.06 bits per heavy atom. The molecule has 164 valence electrons. The number of halogens is 2. The van der Waals surface area contributed by atoms with Crippen molar-refractivity contribution in [3.63, 3.8) is 0 Å². The van der Waals surface area contributed by atoms with Gasteiger partial charge in [0, 0.05) is 37.6 Å². The fourth-order valence-corrected chi connectivity index (χ4v) is 3.28. The summed E-state index contributed by atoms with van der Waals surface area (Å²) in [5.74, 6) is -0.302. The molecule has 3 N–H and O–H groups in total. The molecule has 3 aromatic heterocycles. The van der Waals surface area contributed by atoms with Crippen molar-refractivity contribution in [2.75, 3.05) is 13.1 Å². The predicted octanol–water partition coefficient (Wildman–Crippen LogP) is 2.94. The molecule has 7 nitrogen and oxygen atoms in total. The fourth-order valence-electron chi connectivity index (χ4n) is 3.28. The Kier molecular flexibility index (Phi) is 6.76. The van der Waals surface area contributed by atoms with E-state index in [0.717, 1.165) is 16.9 Å². The fraction of sp³-hybridized carbons (Fsp3) is 0.217. The molecule has 1 aromatic carbocycles. The largest absolute Gasteiger partial charge is 0.346 e. The van der Waals surface area contributed by atoms with Crippen molar-refractivity contribution in [1.82, 2.24) is 30.6 Å². The number of carbonyl (C=O) groups is 1. The van der Waals surface area contributed by atoms with E-state index < -0.39 is 5.82 Å². The van der Waals surface area contributed by atoms with E-state index >= 15 is 0 Å². The molecular weight excluding hydrogens is 414 g/mol. The van der Waals surface area contributed by atoms with E-state index in [-0.39, 0.29) is 24.0 Å². The summed E-state index contributed by atoms with van der Waals surface area (Å²) < 4.78 is 26.9. The predicted molar refractivity (Wildman–Crippen MR) is 116 cm³/mol. The molecule has 0 spiro atoms. The number of imidazole rings is 1. The SMILES string of the molecule is O=C(NCc1ncccc1F)c1cncc(CCNCCc2nc3cc(F)ccc3[nH]2)c1. The van der Waals surface area contributed by atoms with Crippen LogP contribution in [-0.4, -0.2) is 38.9 Å². The molecule has 32 heavy (non-hydrogen) atoms. The first-order chi connectivity index (χ1) is 15.6. The molecule has 0 fully saturated rings. The Bertz CT molecular complexity index is 1230. The number of rotatable bonds is 9. The highest BCUT2D eigenvalue weighted by Crippen LogP contribution is 2.13. The molecular formula is C23H22F2N6O. The number of hydrogen-bond acceptors (Lipinski definition) is 5. The highest BCUT2D eigenvalue weighted by Gasteiger charge is 2.09. The number of carbonyl (C=O) groups excluding carboxylic acids is 1. The van der Waals surface area contributed by atoms with Crippen LogP contribution in [0.15, 0.2) is 55.0 Å². The highest BCUT2D eigenvalue weighted by atomic mass is 19.1. The maximum atomic E-state index is 13.6. The number of benzene rings is 1. The van der Waals surface area contributed by atoms with Crippen LogP contribution in [0.5, 0.6) is 0 Å². The molecule has 0 saturated heterocycles. The van der Waals surface area contributed by atoms with Gasteiger partial charge in [-0.3, -0.25) is 14.8 Å². The first-order valence-electron chi connectivity index (χ1n) is 10.2. The van der Waals surface area contributed by atoms with E-state index in [1.165, 1.54) is 36.7 Å². The van der Waals surface area contributed by atoms with Gasteiger partial charge in [0.25, 0.3) is 5.91 Å². The van der Waals surface area contributed by atoms with E-state index in [1.54, 1.807) is 18.3 Å². The van der Waals surface area contributed by atoms with Gasteiger partial charge in [0.1, 0.15) is 17.5 Å². The van der Waals surface area contributed by atoms with Gasteiger partial charge in [-0.25, -0.2) is 13.8 Å². The van der Waals surface area contributed by atoms with Crippen LogP contribution < -0.4 is 10.6 Å². The molecule has 0 unspecified atom stereocenters. The number of amides is 1. The van der Waals surface area contributed by atoms with Crippen molar-refractivity contribution < 1.29 is 13.6 Å². The van der Waals surface area contributed by atoms with Crippen LogP contribution in [0.1, 0.15) is 27.4 Å². The molecule has 0 bridgehead atoms. The number of nitrogens with one attached hydrogen (secondary N) is 3. The molecule has 0 aliphatic carbocycles. The third-order valence-corrected chi connectivity index (χ3v) is 4.93. The minimum atomic E-state index is -0.458. The third-order valence-electron chi connectivity index (χ3n) is 4.93. The van der Waals surface area contributed by atoms with Gasteiger partial charge in [-0.15, -0.1) is 0 Å². The Morgan fingerprint density at radius 3 is 2.81 bits per heavy atom. The molecule has 0 radical (unpaired) electrons. The van der Waals surface area contributed by atoms with Gasteiger partial charge in [-0.1, -0.05) is 0 Å². The van der Waals surface area contributed by atoms with Gasteiger partial charge < -0.3 is 15.6 Å². The zero-order chi connectivity index (χ0) is 22.3. The average Bonchev–Trinajstić information content (AvgIpc) is 3.20. The van der Waals surface area contributed by atoms with Crippen molar-refractivity contribution in [3.8, 4) is 0 Å². The standard InChI is InChI=1S/C23H22F2N6O/c24-17-3-4-19-20(11-17)31-22(30-19)6-9-26-8-5-15-10-16(13-27-12-15)23(32)29-14-21-18(25)2-1-7-28-21/h1-4,7,10-13,26H,5-6,8-9,14H2,(H,29,32)(H,30,31). The van der Waals surface area contributed by atoms with Crippen LogP contribution in [0.4, 0.5) is 8.78 Å². The van der Waals surface area contributed by atoms with Crippen LogP contribution in [0.3, 0.4) is 0 Å². The quantitative estimate of drug-likeness (QED) is 0.351. The number of aromatic amines is 1. The van der Waals surface area contributed by atoms with Crippen molar-refractivity contribution in [1.29, 1.82) is 0 Å². The molecule has 4 rings (SSSR count). The lowest BCUT2D eigenvalue weighted by Gasteiger charge is -2.07. The van der Waals surface area contributed by atoms with Gasteiger partial charge >= 0.3 is 0 Å². The third kappa shape index (κ3) is 5.50. The van der Waals surface area contributed by atoms with Crippen LogP contribution >= 0.6 is 0 Å². The first-order valence-corrected chi connectivity index (χ1v) is 10.2. The second-order valence-corrected chi connectivity index (χ2v) is 7.29. The molecule has 3 heterocycles. The van der Waals surface area contributed by atoms with Crippen molar-refractivity contribution in [2.24, 2.45) is 0 Å². The minimum Gasteiger partial charge on any atom is -0.346 e. The summed E-state index contributed by atoms with van der Waals surface area (Å²) in [6, 6.07) is 9.06. The van der Waals surface area contributed by atoms with Gasteiger partial charge in [0.05, 0.1) is 28.8 Å². The Hall–Kier alpha value is -3.72. The molecule has 0 aliphatic rings. The van der Waals surface area contributed by atoms with E-state index in [4.69, 9.17) is 0 Å². The number of aromatic nitrogens is 4. The summed E-state index contributed by atoms with van der Waals surface area (Å²) in [7, 11) is 0. The van der Waals surface area contributed by atoms with E-state index in [0.29, 0.717) is 37.0 Å². The maximum Gasteiger partial charge on any atom is 0.253 e. The normalized spacial score (nSPS) is 11.1. The first kappa shape index (κ1) is 21.5. The Labute approximate surface area is 183 Å². The van der Waals surface area contributed by atoms with Crippen LogP contribution in [-0.2, 0) is 19.4 Å². The monoisotopic (exact) mass is 436 g/mol. The maximum absolute atomic E-state index is 13.6. The Balaban J connectivity index is 1.23. The van der Waals surface area contributed by atoms with Crippen molar-refractivity contribution >= 4 is 16.9 Å². The van der Waals surface area contributed by atoms with Gasteiger partial charge in [0.15, 0.2) is 0 Å². The number of H-pyrrole nitrogens is 1. The molecule has 1 amide bonds. The summed E-state index contributed by atoms with van der Waals surface area (Å²) in [6.07, 6.45) is 6.04. The second kappa shape index (κ2) is 10.1. The molecule has 9 heteroatoms. The number of hydrogen-bond donors (Lipinski definition) is 3. The Morgan fingerprint density at radius 2 is 1.94 bits per heavy atom. The average molecular weight is 436 g/mol. The van der Waals surface area contributed by atoms with Crippen LogP contribution in [0.2, 0.25) is 0 Å². The number of nitrogens with zero attached hydrogens (tertiary/aromatic N) is 3. The smallest absolute Gasteiger partial charge is 0.253 e. The van der Waals surface area contributed by atoms with Crippen molar-refractivity contribution in [2.45, 2.75) is 19.4 Å². The zero-order valence-corrected chi connectivity index (χ0v) is 17.2. The summed E-state index contributed by atoms with van der Waals surface area (Å²) in [6.45, 7) is 1.40. The molecule has 0 aliphatic heterocycles. The summed E-state index contributed by atoms with van der Waals surface area (Å²) in [5.41, 5.74) is 2.94. The minimum absolute atomic E-state index is 0.00568. The lowest BCUT2D eigenvalue weighted by Crippen LogP contribution is -2.24. The lowest BCUT2D eigenvalue weighted by molar-refractivity contribution is 0.0949. The van der Waals surface area contributed by atoms with Gasteiger partial charge in [-0.05, 0) is 48.9 Å². The summed E-state index contributed by atoms with van der Waals surface area (Å²) in [4.78, 5) is 28.0. The molecule has 0 saturated carbocycles. The number of fused-ring (bicyclic) bond motifs is 1. The molecule has 4 aromatic rings. The van der Waals surface area contributed by atoms with Gasteiger partial charge in [-0.2, -0.15) is 0 Å². The second-order valence-electron chi connectivity index (χ2n) is 7.29. The summed E-state index contributed by atoms with van der Waals surface area (Å²) in [5, 5.41) is 5.99. The zero-order valence-electron chi connectivity index (χ0n) is 17.2.